The minimum Gasteiger partial charge on any atom is -0.443 e. The summed E-state index contributed by atoms with van der Waals surface area (Å²) in [5.74, 6) is 5.59. The van der Waals surface area contributed by atoms with Crippen LogP contribution in [0.5, 0.6) is 0 Å². The fraction of sp³-hybridized carbons (Fsp3) is 0.455. The van der Waals surface area contributed by atoms with Crippen LogP contribution < -0.4 is 5.84 Å². The maximum absolute atomic E-state index is 11.5. The minimum absolute atomic E-state index is 0.281. The van der Waals surface area contributed by atoms with E-state index in [9.17, 15) is 4.79 Å². The number of ether oxygens (including phenoxy) is 1. The quantitative estimate of drug-likeness (QED) is 0.470. The van der Waals surface area contributed by atoms with E-state index in [2.05, 4.69) is 4.98 Å². The monoisotopic (exact) mass is 223 g/mol. The van der Waals surface area contributed by atoms with E-state index in [1.807, 2.05) is 6.07 Å². The van der Waals surface area contributed by atoms with Crippen LogP contribution in [0, 0.1) is 0 Å². The lowest BCUT2D eigenvalue weighted by Crippen LogP contribution is -2.40. The van der Waals surface area contributed by atoms with Gasteiger partial charge < -0.3 is 4.74 Å². The molecule has 0 aromatic carbocycles. The van der Waals surface area contributed by atoms with Gasteiger partial charge in [-0.05, 0) is 32.4 Å². The van der Waals surface area contributed by atoms with Crippen molar-refractivity contribution in [1.29, 1.82) is 0 Å². The summed E-state index contributed by atoms with van der Waals surface area (Å²) in [5.41, 5.74) is 0.319. The summed E-state index contributed by atoms with van der Waals surface area (Å²) in [6, 6.07) is 3.63. The highest BCUT2D eigenvalue weighted by Crippen LogP contribution is 2.09. The predicted molar refractivity (Wildman–Crippen MR) is 60.2 cm³/mol. The third-order valence-corrected chi connectivity index (χ3v) is 1.70. The molecule has 1 amide bonds. The molecule has 1 rings (SSSR count). The molecule has 0 radical (unpaired) electrons. The Balaban J connectivity index is 2.53. The van der Waals surface area contributed by atoms with E-state index >= 15 is 0 Å². The molecule has 5 heteroatoms. The fourth-order valence-corrected chi connectivity index (χ4v) is 1.07. The summed E-state index contributed by atoms with van der Waals surface area (Å²) in [6.45, 7) is 5.66. The van der Waals surface area contributed by atoms with Crippen LogP contribution in [-0.2, 0) is 11.3 Å². The van der Waals surface area contributed by atoms with E-state index in [4.69, 9.17) is 10.6 Å². The zero-order valence-electron chi connectivity index (χ0n) is 9.80. The van der Waals surface area contributed by atoms with E-state index < -0.39 is 11.7 Å². The lowest BCUT2D eigenvalue weighted by Gasteiger charge is -2.24. The highest BCUT2D eigenvalue weighted by Gasteiger charge is 2.20. The topological polar surface area (TPSA) is 68.5 Å². The van der Waals surface area contributed by atoms with Crippen LogP contribution in [0.4, 0.5) is 4.79 Å². The zero-order chi connectivity index (χ0) is 12.2. The SMILES string of the molecule is CC(C)(C)OC(=O)N(N)Cc1cccnc1. The van der Waals surface area contributed by atoms with Crippen LogP contribution in [0.2, 0.25) is 0 Å². The van der Waals surface area contributed by atoms with Crippen LogP contribution >= 0.6 is 0 Å². The molecule has 0 atom stereocenters. The molecule has 88 valence electrons. The Labute approximate surface area is 95.2 Å². The van der Waals surface area contributed by atoms with Crippen LogP contribution in [0.15, 0.2) is 24.5 Å². The highest BCUT2D eigenvalue weighted by atomic mass is 16.6. The van der Waals surface area contributed by atoms with E-state index in [-0.39, 0.29) is 6.54 Å². The largest absolute Gasteiger partial charge is 0.443 e. The van der Waals surface area contributed by atoms with E-state index in [1.54, 1.807) is 39.2 Å². The number of nitrogens with zero attached hydrogens (tertiary/aromatic N) is 2. The molecule has 5 nitrogen and oxygen atoms in total. The van der Waals surface area contributed by atoms with Gasteiger partial charge in [-0.1, -0.05) is 6.07 Å². The molecule has 1 heterocycles. The molecular weight excluding hydrogens is 206 g/mol. The van der Waals surface area contributed by atoms with Gasteiger partial charge in [-0.25, -0.2) is 15.6 Å². The zero-order valence-corrected chi connectivity index (χ0v) is 9.80. The first-order valence-corrected chi connectivity index (χ1v) is 5.02. The summed E-state index contributed by atoms with van der Waals surface area (Å²) in [6.07, 6.45) is 2.78. The average molecular weight is 223 g/mol. The van der Waals surface area contributed by atoms with Gasteiger partial charge in [-0.2, -0.15) is 0 Å². The molecule has 1 aromatic heterocycles. The van der Waals surface area contributed by atoms with Crippen LogP contribution in [-0.4, -0.2) is 21.7 Å². The Morgan fingerprint density at radius 3 is 2.75 bits per heavy atom. The standard InChI is InChI=1S/C11H17N3O2/c1-11(2,3)16-10(15)14(12)8-9-5-4-6-13-7-9/h4-7H,8,12H2,1-3H3. The molecule has 0 saturated carbocycles. The number of carbonyl (C=O) groups excluding carboxylic acids is 1. The molecule has 0 aliphatic rings. The smallest absolute Gasteiger partial charge is 0.424 e. The van der Waals surface area contributed by atoms with Gasteiger partial charge >= 0.3 is 6.09 Å². The van der Waals surface area contributed by atoms with Crippen molar-refractivity contribution in [1.82, 2.24) is 9.99 Å². The second-order valence-corrected chi connectivity index (χ2v) is 4.47. The number of carbonyl (C=O) groups is 1. The molecule has 0 spiro atoms. The van der Waals surface area contributed by atoms with E-state index in [0.717, 1.165) is 10.6 Å². The molecule has 0 aliphatic carbocycles. The lowest BCUT2D eigenvalue weighted by molar-refractivity contribution is 0.0231. The van der Waals surface area contributed by atoms with Crippen molar-refractivity contribution in [2.45, 2.75) is 32.9 Å². The van der Waals surface area contributed by atoms with Crippen LogP contribution in [0.25, 0.3) is 0 Å². The van der Waals surface area contributed by atoms with Crippen molar-refractivity contribution in [2.24, 2.45) is 5.84 Å². The van der Waals surface area contributed by atoms with E-state index in [1.165, 1.54) is 0 Å². The van der Waals surface area contributed by atoms with Gasteiger partial charge in [-0.3, -0.25) is 4.98 Å². The first-order chi connectivity index (χ1) is 7.38. The Bertz CT molecular complexity index is 346. The highest BCUT2D eigenvalue weighted by molar-refractivity contribution is 5.67. The van der Waals surface area contributed by atoms with Crippen LogP contribution in [0.3, 0.4) is 0 Å². The summed E-state index contributed by atoms with van der Waals surface area (Å²) < 4.78 is 5.11. The summed E-state index contributed by atoms with van der Waals surface area (Å²) in [5, 5.41) is 1.03. The van der Waals surface area contributed by atoms with Crippen molar-refractivity contribution in [3.8, 4) is 0 Å². The number of amides is 1. The van der Waals surface area contributed by atoms with Crippen molar-refractivity contribution >= 4 is 6.09 Å². The normalized spacial score (nSPS) is 11.0. The fourth-order valence-electron chi connectivity index (χ4n) is 1.07. The summed E-state index contributed by atoms with van der Waals surface area (Å²) in [7, 11) is 0. The maximum atomic E-state index is 11.5. The molecule has 0 saturated heterocycles. The number of pyridine rings is 1. The van der Waals surface area contributed by atoms with Crippen molar-refractivity contribution in [2.75, 3.05) is 0 Å². The summed E-state index contributed by atoms with van der Waals surface area (Å²) in [4.78, 5) is 15.5. The minimum atomic E-state index is -0.545. The molecule has 0 bridgehead atoms. The Morgan fingerprint density at radius 1 is 1.56 bits per heavy atom. The second kappa shape index (κ2) is 4.94. The predicted octanol–water partition coefficient (Wildman–Crippen LogP) is 1.69. The molecule has 0 fully saturated rings. The van der Waals surface area contributed by atoms with Crippen molar-refractivity contribution < 1.29 is 9.53 Å². The number of nitrogens with two attached hydrogens (primary N) is 1. The number of hydrazine groups is 1. The first-order valence-electron chi connectivity index (χ1n) is 5.02. The molecule has 16 heavy (non-hydrogen) atoms. The number of rotatable bonds is 2. The summed E-state index contributed by atoms with van der Waals surface area (Å²) >= 11 is 0. The first kappa shape index (κ1) is 12.4. The average Bonchev–Trinajstić information content (AvgIpc) is 2.16. The molecule has 1 aromatic rings. The maximum Gasteiger partial charge on any atom is 0.424 e. The second-order valence-electron chi connectivity index (χ2n) is 4.47. The molecule has 0 aliphatic heterocycles. The Morgan fingerprint density at radius 2 is 2.25 bits per heavy atom. The Hall–Kier alpha value is -1.62. The van der Waals surface area contributed by atoms with Gasteiger partial charge in [0.1, 0.15) is 5.60 Å². The molecule has 0 unspecified atom stereocenters. The van der Waals surface area contributed by atoms with Crippen LogP contribution in [0.1, 0.15) is 26.3 Å². The Kier molecular flexibility index (Phi) is 3.84. The number of aromatic nitrogens is 1. The van der Waals surface area contributed by atoms with E-state index in [0.29, 0.717) is 0 Å². The van der Waals surface area contributed by atoms with Gasteiger partial charge in [0.05, 0.1) is 6.54 Å². The van der Waals surface area contributed by atoms with Gasteiger partial charge in [0, 0.05) is 12.4 Å². The van der Waals surface area contributed by atoms with Crippen molar-refractivity contribution in [3.05, 3.63) is 30.1 Å². The van der Waals surface area contributed by atoms with Gasteiger partial charge in [0.2, 0.25) is 0 Å². The third-order valence-electron chi connectivity index (χ3n) is 1.70. The van der Waals surface area contributed by atoms with Gasteiger partial charge in [0.25, 0.3) is 0 Å². The molecule has 2 N–H and O–H groups in total. The van der Waals surface area contributed by atoms with Gasteiger partial charge in [0.15, 0.2) is 0 Å². The van der Waals surface area contributed by atoms with Gasteiger partial charge in [-0.15, -0.1) is 0 Å². The number of hydrogen-bond donors (Lipinski definition) is 1. The molecular formula is C11H17N3O2. The number of hydrogen-bond acceptors (Lipinski definition) is 4. The third kappa shape index (κ3) is 4.27. The lowest BCUT2D eigenvalue weighted by atomic mass is 10.2. The van der Waals surface area contributed by atoms with Crippen molar-refractivity contribution in [3.63, 3.8) is 0 Å².